The van der Waals surface area contributed by atoms with Crippen LogP contribution in [0, 0.1) is 18.2 Å². The molecule has 5 nitrogen and oxygen atoms in total. The number of aryl methyl sites for hydroxylation is 1. The molecule has 0 unspecified atom stereocenters. The van der Waals surface area contributed by atoms with Crippen molar-refractivity contribution in [3.8, 4) is 34.0 Å². The third-order valence-corrected chi connectivity index (χ3v) is 6.32. The normalized spacial score (nSPS) is 12.0. The van der Waals surface area contributed by atoms with E-state index in [2.05, 4.69) is 30.3 Å². The molecule has 0 aliphatic rings. The van der Waals surface area contributed by atoms with Crippen LogP contribution in [0.5, 0.6) is 0 Å². The maximum absolute atomic E-state index is 13.7. The average molecular weight is 508 g/mol. The van der Waals surface area contributed by atoms with Crippen LogP contribution in [0.2, 0.25) is 10.0 Å². The minimum absolute atomic E-state index is 0.0529. The molecule has 8 heteroatoms. The third-order valence-electron chi connectivity index (χ3n) is 5.69. The van der Waals surface area contributed by atoms with Gasteiger partial charge < -0.3 is 9.55 Å². The number of benzene rings is 2. The summed E-state index contributed by atoms with van der Waals surface area (Å²) in [5.74, 6) is 1.10. The van der Waals surface area contributed by atoms with Crippen molar-refractivity contribution in [2.45, 2.75) is 34.2 Å². The molecule has 0 spiro atoms. The molecule has 178 valence electrons. The van der Waals surface area contributed by atoms with Crippen molar-refractivity contribution < 1.29 is 4.39 Å². The van der Waals surface area contributed by atoms with E-state index >= 15 is 0 Å². The second-order valence-corrected chi connectivity index (χ2v) is 10.6. The van der Waals surface area contributed by atoms with Crippen molar-refractivity contribution >= 4 is 34.4 Å². The molecule has 0 radical (unpaired) electrons. The largest absolute Gasteiger partial charge is 0.336 e. The van der Waals surface area contributed by atoms with Gasteiger partial charge in [-0.25, -0.2) is 19.3 Å². The van der Waals surface area contributed by atoms with E-state index in [0.717, 1.165) is 29.1 Å². The molecule has 0 aliphatic carbocycles. The predicted molar refractivity (Wildman–Crippen MR) is 140 cm³/mol. The number of fused-ring (bicyclic) bond motifs is 1. The first-order valence-electron chi connectivity index (χ1n) is 11.3. The van der Waals surface area contributed by atoms with Gasteiger partial charge in [-0.3, -0.25) is 0 Å². The Labute approximate surface area is 213 Å². The van der Waals surface area contributed by atoms with Crippen LogP contribution >= 0.6 is 23.2 Å². The van der Waals surface area contributed by atoms with Crippen LogP contribution in [0.3, 0.4) is 0 Å². The van der Waals surface area contributed by atoms with Gasteiger partial charge in [0.1, 0.15) is 23.0 Å². The highest BCUT2D eigenvalue weighted by Crippen LogP contribution is 2.38. The van der Waals surface area contributed by atoms with E-state index in [1.807, 2.05) is 19.1 Å². The summed E-state index contributed by atoms with van der Waals surface area (Å²) < 4.78 is 15.8. The summed E-state index contributed by atoms with van der Waals surface area (Å²) >= 11 is 13.0. The molecule has 35 heavy (non-hydrogen) atoms. The van der Waals surface area contributed by atoms with Gasteiger partial charge in [-0.1, -0.05) is 50.0 Å². The number of aromatic nitrogens is 5. The number of halogens is 3. The number of imidazole rings is 2. The maximum Gasteiger partial charge on any atom is 0.160 e. The molecular formula is C27H24Cl2FN5. The van der Waals surface area contributed by atoms with Crippen molar-refractivity contribution in [2.75, 3.05) is 0 Å². The molecule has 5 aromatic rings. The standard InChI is InChI=1S/C27H24Cl2FN5/c1-15-31-21-13-12-20(32-26(21)35(15)14-27(2,3)4)24-23(16-8-10-17(30)11-9-16)33-25(34-24)22-18(28)6-5-7-19(22)29/h5-13H,14H2,1-4H3,(H,33,34). The van der Waals surface area contributed by atoms with Crippen molar-refractivity contribution in [3.05, 3.63) is 76.3 Å². The topological polar surface area (TPSA) is 59.4 Å². The minimum atomic E-state index is -0.318. The molecule has 0 amide bonds. The first kappa shape index (κ1) is 23.5. The molecule has 1 N–H and O–H groups in total. The number of rotatable bonds is 4. The lowest BCUT2D eigenvalue weighted by Crippen LogP contribution is -2.16. The molecule has 0 fully saturated rings. The van der Waals surface area contributed by atoms with E-state index in [4.69, 9.17) is 38.2 Å². The zero-order valence-corrected chi connectivity index (χ0v) is 21.3. The highest BCUT2D eigenvalue weighted by Gasteiger charge is 2.22. The molecule has 3 aromatic heterocycles. The molecule has 5 rings (SSSR count). The zero-order chi connectivity index (χ0) is 24.9. The number of nitrogens with one attached hydrogen (secondary N) is 1. The van der Waals surface area contributed by atoms with Gasteiger partial charge in [0.25, 0.3) is 0 Å². The van der Waals surface area contributed by atoms with Crippen LogP contribution in [0.4, 0.5) is 4.39 Å². The van der Waals surface area contributed by atoms with Gasteiger partial charge in [0.2, 0.25) is 0 Å². The highest BCUT2D eigenvalue weighted by atomic mass is 35.5. The summed E-state index contributed by atoms with van der Waals surface area (Å²) in [5.41, 5.74) is 5.02. The lowest BCUT2D eigenvalue weighted by atomic mass is 9.97. The lowest BCUT2D eigenvalue weighted by Gasteiger charge is -2.20. The summed E-state index contributed by atoms with van der Waals surface area (Å²) in [4.78, 5) is 17.9. The van der Waals surface area contributed by atoms with Crippen molar-refractivity contribution in [1.29, 1.82) is 0 Å². The van der Waals surface area contributed by atoms with Crippen LogP contribution in [-0.2, 0) is 6.54 Å². The Hall–Kier alpha value is -3.22. The smallest absolute Gasteiger partial charge is 0.160 e. The van der Waals surface area contributed by atoms with E-state index in [1.54, 1.807) is 30.3 Å². The van der Waals surface area contributed by atoms with Crippen LogP contribution in [0.25, 0.3) is 45.2 Å². The summed E-state index contributed by atoms with van der Waals surface area (Å²) in [6.45, 7) is 9.32. The van der Waals surface area contributed by atoms with Gasteiger partial charge in [0.05, 0.1) is 32.7 Å². The number of H-pyrrole nitrogens is 1. The third kappa shape index (κ3) is 4.56. The van der Waals surface area contributed by atoms with Crippen molar-refractivity contribution in [3.63, 3.8) is 0 Å². The van der Waals surface area contributed by atoms with E-state index in [1.165, 1.54) is 12.1 Å². The Morgan fingerprint density at radius 1 is 0.914 bits per heavy atom. The highest BCUT2D eigenvalue weighted by molar-refractivity contribution is 6.39. The van der Waals surface area contributed by atoms with Gasteiger partial charge in [-0.05, 0) is 60.9 Å². The second kappa shape index (κ2) is 8.77. The van der Waals surface area contributed by atoms with Crippen molar-refractivity contribution in [1.82, 2.24) is 24.5 Å². The Morgan fingerprint density at radius 3 is 2.26 bits per heavy atom. The molecule has 3 heterocycles. The van der Waals surface area contributed by atoms with E-state index in [0.29, 0.717) is 38.5 Å². The molecule has 0 atom stereocenters. The number of aromatic amines is 1. The van der Waals surface area contributed by atoms with Crippen LogP contribution < -0.4 is 0 Å². The summed E-state index contributed by atoms with van der Waals surface area (Å²) in [6.07, 6.45) is 0. The Morgan fingerprint density at radius 2 is 1.60 bits per heavy atom. The lowest BCUT2D eigenvalue weighted by molar-refractivity contribution is 0.344. The minimum Gasteiger partial charge on any atom is -0.336 e. The first-order valence-corrected chi connectivity index (χ1v) is 12.0. The van der Waals surface area contributed by atoms with Gasteiger partial charge in [-0.2, -0.15) is 0 Å². The average Bonchev–Trinajstić information content (AvgIpc) is 3.34. The van der Waals surface area contributed by atoms with Crippen LogP contribution in [-0.4, -0.2) is 24.5 Å². The van der Waals surface area contributed by atoms with Crippen LogP contribution in [0.15, 0.2) is 54.6 Å². The maximum atomic E-state index is 13.7. The summed E-state index contributed by atoms with van der Waals surface area (Å²) in [5, 5.41) is 0.955. The molecule has 0 bridgehead atoms. The number of pyridine rings is 1. The molecule has 0 aliphatic heterocycles. The van der Waals surface area contributed by atoms with Gasteiger partial charge in [0, 0.05) is 12.1 Å². The molecule has 0 saturated carbocycles. The molecule has 2 aromatic carbocycles. The number of hydrogen-bond acceptors (Lipinski definition) is 3. The Bertz CT molecular complexity index is 1520. The summed E-state index contributed by atoms with van der Waals surface area (Å²) in [7, 11) is 0. The quantitative estimate of drug-likeness (QED) is 0.268. The zero-order valence-electron chi connectivity index (χ0n) is 19.8. The fraction of sp³-hybridized carbons (Fsp3) is 0.222. The monoisotopic (exact) mass is 507 g/mol. The van der Waals surface area contributed by atoms with Gasteiger partial charge in [0.15, 0.2) is 5.65 Å². The number of hydrogen-bond donors (Lipinski definition) is 1. The van der Waals surface area contributed by atoms with E-state index < -0.39 is 0 Å². The summed E-state index contributed by atoms with van der Waals surface area (Å²) in [6, 6.07) is 15.4. The van der Waals surface area contributed by atoms with Gasteiger partial charge in [-0.15, -0.1) is 0 Å². The van der Waals surface area contributed by atoms with E-state index in [-0.39, 0.29) is 11.2 Å². The molecular weight excluding hydrogens is 484 g/mol. The van der Waals surface area contributed by atoms with Crippen LogP contribution in [0.1, 0.15) is 26.6 Å². The molecule has 0 saturated heterocycles. The fourth-order valence-electron chi connectivity index (χ4n) is 4.14. The Kier molecular flexibility index (Phi) is 5.90. The Balaban J connectivity index is 1.73. The van der Waals surface area contributed by atoms with Gasteiger partial charge >= 0.3 is 0 Å². The first-order chi connectivity index (χ1) is 16.6. The fourth-order valence-corrected chi connectivity index (χ4v) is 4.71. The SMILES string of the molecule is Cc1nc2ccc(-c3[nH]c(-c4c(Cl)cccc4Cl)nc3-c3ccc(F)cc3)nc2n1CC(C)(C)C. The van der Waals surface area contributed by atoms with E-state index in [9.17, 15) is 4.39 Å². The number of nitrogens with zero attached hydrogens (tertiary/aromatic N) is 4. The van der Waals surface area contributed by atoms with Crippen molar-refractivity contribution in [2.24, 2.45) is 5.41 Å². The predicted octanol–water partition coefficient (Wildman–Crippen LogP) is 7.96. The second-order valence-electron chi connectivity index (χ2n) is 9.76.